The summed E-state index contributed by atoms with van der Waals surface area (Å²) in [5.74, 6) is 0. The molecule has 0 aromatic rings. The molecule has 86 valence electrons. The van der Waals surface area contributed by atoms with Crippen molar-refractivity contribution >= 4 is 0 Å². The third-order valence-corrected chi connectivity index (χ3v) is 2.19. The highest BCUT2D eigenvalue weighted by Gasteiger charge is 2.13. The molecule has 1 aliphatic rings. The van der Waals surface area contributed by atoms with Crippen molar-refractivity contribution < 1.29 is 9.84 Å². The Hall–Kier alpha value is -0.120. The molecule has 0 aliphatic carbocycles. The zero-order chi connectivity index (χ0) is 10.8. The Kier molecular flexibility index (Phi) is 9.35. The maximum atomic E-state index is 9.52. The fourth-order valence-corrected chi connectivity index (χ4v) is 1.51. The monoisotopic (exact) mass is 203 g/mol. The molecule has 1 N–H and O–H groups in total. The summed E-state index contributed by atoms with van der Waals surface area (Å²) in [5.41, 5.74) is 0. The number of hydrogen-bond donors (Lipinski definition) is 1. The summed E-state index contributed by atoms with van der Waals surface area (Å²) in [6.45, 7) is 10.5. The van der Waals surface area contributed by atoms with Gasteiger partial charge in [-0.2, -0.15) is 0 Å². The minimum Gasteiger partial charge on any atom is -0.392 e. The Bertz CT molecular complexity index is 114. The number of ether oxygens (including phenoxy) is 1. The lowest BCUT2D eigenvalue weighted by molar-refractivity contribution is 0.0131. The lowest BCUT2D eigenvalue weighted by atomic mass is 10.2. The van der Waals surface area contributed by atoms with Crippen molar-refractivity contribution in [3.8, 4) is 0 Å². The minimum atomic E-state index is -0.145. The van der Waals surface area contributed by atoms with Crippen molar-refractivity contribution in [1.82, 2.24) is 4.90 Å². The molecule has 1 atom stereocenters. The van der Waals surface area contributed by atoms with Crippen LogP contribution in [0, 0.1) is 0 Å². The Morgan fingerprint density at radius 2 is 1.86 bits per heavy atom. The molecule has 1 saturated heterocycles. The first-order chi connectivity index (χ1) is 6.83. The van der Waals surface area contributed by atoms with Gasteiger partial charge in [-0.25, -0.2) is 0 Å². The SMILES string of the molecule is CC.CCCC(O)CN1CCOCC1. The van der Waals surface area contributed by atoms with Crippen molar-refractivity contribution in [3.63, 3.8) is 0 Å². The van der Waals surface area contributed by atoms with E-state index in [0.29, 0.717) is 0 Å². The molecule has 0 saturated carbocycles. The van der Waals surface area contributed by atoms with E-state index in [-0.39, 0.29) is 6.10 Å². The number of hydrogen-bond acceptors (Lipinski definition) is 3. The number of aliphatic hydroxyl groups is 1. The van der Waals surface area contributed by atoms with E-state index >= 15 is 0 Å². The molecule has 3 nitrogen and oxygen atoms in total. The number of aliphatic hydroxyl groups excluding tert-OH is 1. The van der Waals surface area contributed by atoms with Gasteiger partial charge >= 0.3 is 0 Å². The smallest absolute Gasteiger partial charge is 0.0667 e. The third kappa shape index (κ3) is 6.35. The van der Waals surface area contributed by atoms with Crippen molar-refractivity contribution in [3.05, 3.63) is 0 Å². The predicted octanol–water partition coefficient (Wildman–Crippen LogP) is 1.51. The largest absolute Gasteiger partial charge is 0.392 e. The van der Waals surface area contributed by atoms with Gasteiger partial charge in [0.2, 0.25) is 0 Å². The van der Waals surface area contributed by atoms with Gasteiger partial charge in [-0.1, -0.05) is 27.2 Å². The maximum Gasteiger partial charge on any atom is 0.0667 e. The van der Waals surface area contributed by atoms with E-state index in [1.54, 1.807) is 0 Å². The van der Waals surface area contributed by atoms with Crippen LogP contribution in [0.4, 0.5) is 0 Å². The number of rotatable bonds is 4. The number of nitrogens with zero attached hydrogens (tertiary/aromatic N) is 1. The van der Waals surface area contributed by atoms with Gasteiger partial charge < -0.3 is 9.84 Å². The fourth-order valence-electron chi connectivity index (χ4n) is 1.51. The van der Waals surface area contributed by atoms with Crippen molar-refractivity contribution in [2.24, 2.45) is 0 Å². The molecular formula is C11H25NO2. The molecule has 0 amide bonds. The van der Waals surface area contributed by atoms with Gasteiger partial charge in [0.05, 0.1) is 19.3 Å². The van der Waals surface area contributed by atoms with E-state index in [4.69, 9.17) is 4.74 Å². The van der Waals surface area contributed by atoms with E-state index in [1.807, 2.05) is 13.8 Å². The van der Waals surface area contributed by atoms with Crippen LogP contribution < -0.4 is 0 Å². The van der Waals surface area contributed by atoms with Crippen LogP contribution >= 0.6 is 0 Å². The van der Waals surface area contributed by atoms with Gasteiger partial charge in [-0.3, -0.25) is 4.90 Å². The Morgan fingerprint density at radius 1 is 1.29 bits per heavy atom. The van der Waals surface area contributed by atoms with Crippen LogP contribution in [0.3, 0.4) is 0 Å². The average Bonchev–Trinajstić information content (AvgIpc) is 2.22. The summed E-state index contributed by atoms with van der Waals surface area (Å²) in [6, 6.07) is 0. The van der Waals surface area contributed by atoms with Crippen LogP contribution in [0.25, 0.3) is 0 Å². The molecule has 14 heavy (non-hydrogen) atoms. The van der Waals surface area contributed by atoms with Crippen LogP contribution in [0.5, 0.6) is 0 Å². The van der Waals surface area contributed by atoms with Crippen LogP contribution in [0.2, 0.25) is 0 Å². The quantitative estimate of drug-likeness (QED) is 0.751. The van der Waals surface area contributed by atoms with Gasteiger partial charge in [0, 0.05) is 19.6 Å². The Morgan fingerprint density at radius 3 is 2.36 bits per heavy atom. The molecule has 3 heteroatoms. The van der Waals surface area contributed by atoms with Gasteiger partial charge in [0.15, 0.2) is 0 Å². The molecule has 0 bridgehead atoms. The molecule has 0 spiro atoms. The summed E-state index contributed by atoms with van der Waals surface area (Å²) in [4.78, 5) is 2.27. The Balaban J connectivity index is 0.000000791. The lowest BCUT2D eigenvalue weighted by Gasteiger charge is -2.28. The first-order valence-electron chi connectivity index (χ1n) is 5.81. The standard InChI is InChI=1S/C9H19NO2.C2H6/c1-2-3-9(11)8-10-4-6-12-7-5-10;1-2/h9,11H,2-8H2,1H3;1-2H3. The molecule has 0 radical (unpaired) electrons. The first-order valence-corrected chi connectivity index (χ1v) is 5.81. The van der Waals surface area contributed by atoms with E-state index in [0.717, 1.165) is 45.7 Å². The highest BCUT2D eigenvalue weighted by atomic mass is 16.5. The average molecular weight is 203 g/mol. The minimum absolute atomic E-state index is 0.145. The van der Waals surface area contributed by atoms with Gasteiger partial charge in [0.25, 0.3) is 0 Å². The zero-order valence-corrected chi connectivity index (χ0v) is 9.83. The lowest BCUT2D eigenvalue weighted by Crippen LogP contribution is -2.40. The second kappa shape index (κ2) is 9.44. The molecule has 1 fully saturated rings. The van der Waals surface area contributed by atoms with E-state index in [9.17, 15) is 5.11 Å². The van der Waals surface area contributed by atoms with Gasteiger partial charge in [-0.15, -0.1) is 0 Å². The maximum absolute atomic E-state index is 9.52. The van der Waals surface area contributed by atoms with Crippen molar-refractivity contribution in [1.29, 1.82) is 0 Å². The fraction of sp³-hybridized carbons (Fsp3) is 1.00. The summed E-state index contributed by atoms with van der Waals surface area (Å²) in [6.07, 6.45) is 1.83. The predicted molar refractivity (Wildman–Crippen MR) is 59.5 cm³/mol. The summed E-state index contributed by atoms with van der Waals surface area (Å²) in [7, 11) is 0. The summed E-state index contributed by atoms with van der Waals surface area (Å²) < 4.78 is 5.22. The van der Waals surface area contributed by atoms with Crippen LogP contribution in [-0.4, -0.2) is 49.0 Å². The highest BCUT2D eigenvalue weighted by Crippen LogP contribution is 2.02. The summed E-state index contributed by atoms with van der Waals surface area (Å²) >= 11 is 0. The third-order valence-electron chi connectivity index (χ3n) is 2.19. The second-order valence-electron chi connectivity index (χ2n) is 3.36. The van der Waals surface area contributed by atoms with Crippen molar-refractivity contribution in [2.75, 3.05) is 32.8 Å². The molecule has 1 aliphatic heterocycles. The highest BCUT2D eigenvalue weighted by molar-refractivity contribution is 4.66. The van der Waals surface area contributed by atoms with Crippen LogP contribution in [0.1, 0.15) is 33.6 Å². The Labute approximate surface area is 88.1 Å². The van der Waals surface area contributed by atoms with Crippen molar-refractivity contribution in [2.45, 2.75) is 39.7 Å². The molecule has 1 rings (SSSR count). The zero-order valence-electron chi connectivity index (χ0n) is 9.83. The van der Waals surface area contributed by atoms with E-state index in [1.165, 1.54) is 0 Å². The summed E-state index contributed by atoms with van der Waals surface area (Å²) in [5, 5.41) is 9.52. The second-order valence-corrected chi connectivity index (χ2v) is 3.36. The molecule has 0 aromatic heterocycles. The van der Waals surface area contributed by atoms with E-state index < -0.39 is 0 Å². The first kappa shape index (κ1) is 13.9. The molecular weight excluding hydrogens is 178 g/mol. The van der Waals surface area contributed by atoms with Crippen LogP contribution in [-0.2, 0) is 4.74 Å². The van der Waals surface area contributed by atoms with Gasteiger partial charge in [0.1, 0.15) is 0 Å². The topological polar surface area (TPSA) is 32.7 Å². The van der Waals surface area contributed by atoms with Gasteiger partial charge in [-0.05, 0) is 6.42 Å². The number of β-amino-alcohol motifs (C(OH)–C–C–N with tert-alkyl or cyclic N) is 1. The normalized spacial score (nSPS) is 19.7. The van der Waals surface area contributed by atoms with Crippen LogP contribution in [0.15, 0.2) is 0 Å². The molecule has 1 unspecified atom stereocenters. The molecule has 1 heterocycles. The molecule has 0 aromatic carbocycles. The number of morpholine rings is 1. The van der Waals surface area contributed by atoms with E-state index in [2.05, 4.69) is 11.8 Å².